The largest absolute Gasteiger partial charge is 0.454 e. The molecule has 0 fully saturated rings. The zero-order valence-electron chi connectivity index (χ0n) is 34.1. The van der Waals surface area contributed by atoms with Gasteiger partial charge in [-0.05, 0) is 53.6 Å². The zero-order valence-corrected chi connectivity index (χ0v) is 34.9. The summed E-state index contributed by atoms with van der Waals surface area (Å²) in [7, 11) is 0. The molecule has 5 heterocycles. The molecule has 0 aliphatic heterocycles. The minimum Gasteiger partial charge on any atom is -0.454 e. The van der Waals surface area contributed by atoms with Gasteiger partial charge < -0.3 is 8.98 Å². The maximum Gasteiger partial charge on any atom is 0.238 e. The fourth-order valence-corrected chi connectivity index (χ4v) is 11.1. The van der Waals surface area contributed by atoms with Gasteiger partial charge in [0.2, 0.25) is 5.95 Å². The lowest BCUT2D eigenvalue weighted by Gasteiger charge is -2.14. The average Bonchev–Trinajstić information content (AvgIpc) is 4.12. The molecule has 0 aliphatic rings. The van der Waals surface area contributed by atoms with Crippen LogP contribution in [0.25, 0.3) is 131 Å². The summed E-state index contributed by atoms with van der Waals surface area (Å²) in [4.78, 5) is 16.2. The lowest BCUT2D eigenvalue weighted by molar-refractivity contribution is 0.666. The van der Waals surface area contributed by atoms with Crippen molar-refractivity contribution >= 4 is 97.1 Å². The van der Waals surface area contributed by atoms with E-state index in [0.717, 1.165) is 98.9 Å². The lowest BCUT2D eigenvalue weighted by atomic mass is 10.0. The van der Waals surface area contributed by atoms with Crippen LogP contribution < -0.4 is 0 Å². The van der Waals surface area contributed by atoms with E-state index >= 15 is 0 Å². The molecule has 0 saturated heterocycles. The molecule has 6 nitrogen and oxygen atoms in total. The molecule has 14 rings (SSSR count). The Hall–Kier alpha value is -8.39. The molecule has 0 atom stereocenters. The van der Waals surface area contributed by atoms with Crippen LogP contribution in [-0.4, -0.2) is 24.1 Å². The van der Waals surface area contributed by atoms with Crippen molar-refractivity contribution in [1.29, 1.82) is 0 Å². The molecule has 0 radical (unpaired) electrons. The van der Waals surface area contributed by atoms with Gasteiger partial charge in [-0.25, -0.2) is 4.98 Å². The highest BCUT2D eigenvalue weighted by Gasteiger charge is 2.25. The monoisotopic (exact) mass is 835 g/mol. The Morgan fingerprint density at radius 3 is 1.77 bits per heavy atom. The second-order valence-corrected chi connectivity index (χ2v) is 17.4. The van der Waals surface area contributed by atoms with Crippen LogP contribution in [0.4, 0.5) is 0 Å². The van der Waals surface area contributed by atoms with Crippen LogP contribution in [-0.2, 0) is 0 Å². The third-order valence-corrected chi connectivity index (χ3v) is 13.9. The number of thiophene rings is 1. The molecule has 0 unspecified atom stereocenters. The summed E-state index contributed by atoms with van der Waals surface area (Å²) in [5.74, 6) is 1.78. The third-order valence-electron chi connectivity index (χ3n) is 12.8. The van der Waals surface area contributed by atoms with Gasteiger partial charge in [0, 0.05) is 63.6 Å². The van der Waals surface area contributed by atoms with Crippen molar-refractivity contribution < 1.29 is 4.42 Å². The fourth-order valence-electron chi connectivity index (χ4n) is 9.99. The van der Waals surface area contributed by atoms with Crippen LogP contribution in [0.3, 0.4) is 0 Å². The predicted molar refractivity (Wildman–Crippen MR) is 265 cm³/mol. The number of hydrogen-bond donors (Lipinski definition) is 0. The van der Waals surface area contributed by atoms with Crippen molar-refractivity contribution in [1.82, 2.24) is 24.1 Å². The highest BCUT2D eigenvalue weighted by Crippen LogP contribution is 2.45. The summed E-state index contributed by atoms with van der Waals surface area (Å²) >= 11 is 1.79. The van der Waals surface area contributed by atoms with Crippen LogP contribution in [0.15, 0.2) is 205 Å². The summed E-state index contributed by atoms with van der Waals surface area (Å²) in [6, 6.07) is 70.6. The Morgan fingerprint density at radius 1 is 0.391 bits per heavy atom. The van der Waals surface area contributed by atoms with Gasteiger partial charge in [0.05, 0.1) is 27.8 Å². The molecule has 0 spiro atoms. The second kappa shape index (κ2) is 13.6. The molecule has 7 heteroatoms. The van der Waals surface area contributed by atoms with E-state index in [1.165, 1.54) is 14.8 Å². The number of aromatic nitrogens is 5. The number of benzene rings is 9. The molecule has 9 aromatic carbocycles. The summed E-state index contributed by atoms with van der Waals surface area (Å²) in [5.41, 5.74) is 10.9. The highest BCUT2D eigenvalue weighted by molar-refractivity contribution is 7.25. The Morgan fingerprint density at radius 2 is 0.984 bits per heavy atom. The summed E-state index contributed by atoms with van der Waals surface area (Å²) in [6.07, 6.45) is 0. The average molecular weight is 836 g/mol. The Labute approximate surface area is 369 Å². The van der Waals surface area contributed by atoms with Crippen molar-refractivity contribution in [2.24, 2.45) is 0 Å². The van der Waals surface area contributed by atoms with Gasteiger partial charge in [-0.2, -0.15) is 9.97 Å². The molecule has 0 aliphatic carbocycles. The van der Waals surface area contributed by atoms with Gasteiger partial charge >= 0.3 is 0 Å². The van der Waals surface area contributed by atoms with Gasteiger partial charge in [0.15, 0.2) is 17.2 Å². The van der Waals surface area contributed by atoms with E-state index in [0.29, 0.717) is 17.6 Å². The summed E-state index contributed by atoms with van der Waals surface area (Å²) in [5, 5.41) is 8.98. The quantitative estimate of drug-likeness (QED) is 0.173. The van der Waals surface area contributed by atoms with E-state index in [1.807, 2.05) is 24.3 Å². The molecule has 5 aromatic heterocycles. The fraction of sp³-hybridized carbons (Fsp3) is 0. The minimum atomic E-state index is 0.547. The topological polar surface area (TPSA) is 61.7 Å². The summed E-state index contributed by atoms with van der Waals surface area (Å²) in [6.45, 7) is 0. The van der Waals surface area contributed by atoms with Crippen molar-refractivity contribution in [3.05, 3.63) is 200 Å². The molecular weight excluding hydrogens is 803 g/mol. The smallest absolute Gasteiger partial charge is 0.238 e. The third kappa shape index (κ3) is 5.10. The standard InChI is InChI=1S/C57H33N5OS/c1-3-15-34(16-4-1)36-29-30-39-42-22-13-26-47(54(42)63-48(39)33-36)61-45-24-10-7-19-37(45)40-31-32-41-38-20-8-11-25-46(38)62(53(41)52(40)61)57-59-55(35-17-5-2-6-18-35)58-56(60-57)44-23-14-28-50-51(44)43-21-9-12-27-49(43)64-50/h1-33H. The first-order valence-corrected chi connectivity index (χ1v) is 22.3. The zero-order chi connectivity index (χ0) is 41.9. The Bertz CT molecular complexity index is 4200. The van der Waals surface area contributed by atoms with E-state index < -0.39 is 0 Å². The predicted octanol–water partition coefficient (Wildman–Crippen LogP) is 15.3. The first-order chi connectivity index (χ1) is 31.7. The molecule has 0 N–H and O–H groups in total. The molecule has 298 valence electrons. The molecule has 0 saturated carbocycles. The second-order valence-electron chi connectivity index (χ2n) is 16.3. The van der Waals surface area contributed by atoms with E-state index in [4.69, 9.17) is 19.4 Å². The number of furan rings is 1. The van der Waals surface area contributed by atoms with Gasteiger partial charge in [-0.3, -0.25) is 4.57 Å². The van der Waals surface area contributed by atoms with Crippen LogP contribution in [0.2, 0.25) is 0 Å². The maximum atomic E-state index is 6.98. The normalized spacial score (nSPS) is 12.1. The highest BCUT2D eigenvalue weighted by atomic mass is 32.1. The van der Waals surface area contributed by atoms with Crippen molar-refractivity contribution in [3.8, 4) is 45.5 Å². The van der Waals surface area contributed by atoms with Crippen molar-refractivity contribution in [2.45, 2.75) is 0 Å². The minimum absolute atomic E-state index is 0.547. The molecule has 0 amide bonds. The number of hydrogen-bond acceptors (Lipinski definition) is 5. The van der Waals surface area contributed by atoms with Crippen molar-refractivity contribution in [3.63, 3.8) is 0 Å². The SMILES string of the molecule is c1ccc(-c2ccc3c(c2)oc2c(-n4c5ccccc5c5ccc6c7ccccc7n(-c7nc(-c8ccccc8)nc(-c8cccc9sc%10ccccc%10c89)n7)c6c54)cccc23)cc1. The first-order valence-electron chi connectivity index (χ1n) is 21.4. The Balaban J connectivity index is 1.10. The lowest BCUT2D eigenvalue weighted by Crippen LogP contribution is -2.07. The van der Waals surface area contributed by atoms with E-state index in [1.54, 1.807) is 11.3 Å². The Kier molecular flexibility index (Phi) is 7.46. The number of para-hydroxylation sites is 3. The van der Waals surface area contributed by atoms with E-state index in [-0.39, 0.29) is 0 Å². The van der Waals surface area contributed by atoms with Crippen LogP contribution in [0, 0.1) is 0 Å². The van der Waals surface area contributed by atoms with Crippen LogP contribution in [0.1, 0.15) is 0 Å². The number of nitrogens with zero attached hydrogens (tertiary/aromatic N) is 5. The van der Waals surface area contributed by atoms with E-state index in [2.05, 4.69) is 185 Å². The maximum absolute atomic E-state index is 6.98. The number of rotatable bonds is 5. The molecular formula is C57H33N5OS. The van der Waals surface area contributed by atoms with Crippen LogP contribution >= 0.6 is 11.3 Å². The molecule has 14 aromatic rings. The van der Waals surface area contributed by atoms with Gasteiger partial charge in [-0.1, -0.05) is 158 Å². The van der Waals surface area contributed by atoms with Crippen molar-refractivity contribution in [2.75, 3.05) is 0 Å². The number of fused-ring (bicyclic) bond motifs is 13. The van der Waals surface area contributed by atoms with E-state index in [9.17, 15) is 0 Å². The van der Waals surface area contributed by atoms with Gasteiger partial charge in [0.1, 0.15) is 5.58 Å². The first kappa shape index (κ1) is 35.2. The van der Waals surface area contributed by atoms with Crippen LogP contribution in [0.5, 0.6) is 0 Å². The van der Waals surface area contributed by atoms with Gasteiger partial charge in [-0.15, -0.1) is 11.3 Å². The molecule has 64 heavy (non-hydrogen) atoms. The molecule has 0 bridgehead atoms. The summed E-state index contributed by atoms with van der Waals surface area (Å²) < 4.78 is 14.1. The van der Waals surface area contributed by atoms with Gasteiger partial charge in [0.25, 0.3) is 0 Å².